The Bertz CT molecular complexity index is 487. The molecule has 0 bridgehead atoms. The maximum absolute atomic E-state index is 11.4. The summed E-state index contributed by atoms with van der Waals surface area (Å²) >= 11 is 0. The lowest BCUT2D eigenvalue weighted by Crippen LogP contribution is -2.30. The van der Waals surface area contributed by atoms with Crippen LogP contribution in [0.1, 0.15) is 10.5 Å². The molecule has 5 N–H and O–H groups in total. The van der Waals surface area contributed by atoms with E-state index < -0.39 is 5.91 Å². The van der Waals surface area contributed by atoms with E-state index in [0.29, 0.717) is 11.4 Å². The smallest absolute Gasteiger partial charge is 0.285 e. The number of nitrogens with two attached hydrogens (primary N) is 1. The van der Waals surface area contributed by atoms with Gasteiger partial charge in [-0.25, -0.2) is 5.84 Å². The van der Waals surface area contributed by atoms with E-state index in [9.17, 15) is 4.79 Å². The molecule has 0 unspecified atom stereocenters. The fourth-order valence-electron chi connectivity index (χ4n) is 1.48. The van der Waals surface area contributed by atoms with Crippen LogP contribution in [0.4, 0.5) is 0 Å². The first-order chi connectivity index (χ1) is 7.76. The third-order valence-electron chi connectivity index (χ3n) is 2.25. The molecule has 2 heterocycles. The second-order valence-electron chi connectivity index (χ2n) is 3.18. The second-order valence-corrected chi connectivity index (χ2v) is 3.18. The Morgan fingerprint density at radius 1 is 1.50 bits per heavy atom. The molecular weight excluding hydrogens is 208 g/mol. The SMILES string of the molecule is COc1cc(-c2ccc[nH]2)[nH]c1C(=O)NN. The monoisotopic (exact) mass is 220 g/mol. The number of H-pyrrole nitrogens is 2. The number of amides is 1. The summed E-state index contributed by atoms with van der Waals surface area (Å²) in [7, 11) is 1.49. The van der Waals surface area contributed by atoms with E-state index in [4.69, 9.17) is 10.6 Å². The first-order valence-corrected chi connectivity index (χ1v) is 4.68. The number of carbonyl (C=O) groups excluding carboxylic acids is 1. The Hall–Kier alpha value is -2.21. The molecule has 0 aliphatic heterocycles. The van der Waals surface area contributed by atoms with E-state index >= 15 is 0 Å². The number of methoxy groups -OCH3 is 1. The van der Waals surface area contributed by atoms with E-state index in [1.165, 1.54) is 7.11 Å². The Morgan fingerprint density at radius 2 is 2.31 bits per heavy atom. The van der Waals surface area contributed by atoms with Crippen molar-refractivity contribution >= 4 is 5.91 Å². The highest BCUT2D eigenvalue weighted by atomic mass is 16.5. The Kier molecular flexibility index (Phi) is 2.65. The molecule has 84 valence electrons. The number of ether oxygens (including phenoxy) is 1. The van der Waals surface area contributed by atoms with Gasteiger partial charge in [0.25, 0.3) is 5.91 Å². The number of nitrogen functional groups attached to an aromatic ring is 1. The van der Waals surface area contributed by atoms with Gasteiger partial charge in [-0.15, -0.1) is 0 Å². The summed E-state index contributed by atoms with van der Waals surface area (Å²) in [6.45, 7) is 0. The molecule has 0 aromatic carbocycles. The summed E-state index contributed by atoms with van der Waals surface area (Å²) in [6.07, 6.45) is 1.80. The van der Waals surface area contributed by atoms with Gasteiger partial charge in [0, 0.05) is 12.3 Å². The minimum atomic E-state index is -0.422. The number of rotatable bonds is 3. The highest BCUT2D eigenvalue weighted by Gasteiger charge is 2.16. The van der Waals surface area contributed by atoms with Crippen molar-refractivity contribution in [3.63, 3.8) is 0 Å². The lowest BCUT2D eigenvalue weighted by Gasteiger charge is -1.99. The summed E-state index contributed by atoms with van der Waals surface area (Å²) < 4.78 is 5.09. The molecule has 0 saturated carbocycles. The summed E-state index contributed by atoms with van der Waals surface area (Å²) in [4.78, 5) is 17.4. The average Bonchev–Trinajstić information content (AvgIpc) is 2.95. The topological polar surface area (TPSA) is 95.9 Å². The first kappa shape index (κ1) is 10.3. The summed E-state index contributed by atoms with van der Waals surface area (Å²) in [6, 6.07) is 5.48. The molecule has 0 atom stereocenters. The Morgan fingerprint density at radius 3 is 2.88 bits per heavy atom. The van der Waals surface area contributed by atoms with Crippen LogP contribution in [0.15, 0.2) is 24.4 Å². The van der Waals surface area contributed by atoms with E-state index in [-0.39, 0.29) is 0 Å². The number of carbonyl (C=O) groups is 1. The van der Waals surface area contributed by atoms with Crippen LogP contribution in [0.5, 0.6) is 5.75 Å². The fourth-order valence-corrected chi connectivity index (χ4v) is 1.48. The Labute approximate surface area is 91.8 Å². The average molecular weight is 220 g/mol. The molecule has 2 rings (SSSR count). The lowest BCUT2D eigenvalue weighted by molar-refractivity contribution is 0.0946. The third-order valence-corrected chi connectivity index (χ3v) is 2.25. The normalized spacial score (nSPS) is 10.1. The molecule has 0 spiro atoms. The quantitative estimate of drug-likeness (QED) is 0.347. The molecule has 6 nitrogen and oxygen atoms in total. The number of hydrogen-bond acceptors (Lipinski definition) is 3. The van der Waals surface area contributed by atoms with Gasteiger partial charge in [-0.05, 0) is 12.1 Å². The van der Waals surface area contributed by atoms with Crippen LogP contribution in [-0.2, 0) is 0 Å². The molecule has 0 radical (unpaired) electrons. The second kappa shape index (κ2) is 4.11. The fraction of sp³-hybridized carbons (Fsp3) is 0.100. The summed E-state index contributed by atoms with van der Waals surface area (Å²) in [5.74, 6) is 5.10. The summed E-state index contributed by atoms with van der Waals surface area (Å²) in [5.41, 5.74) is 3.99. The minimum absolute atomic E-state index is 0.301. The predicted molar refractivity (Wildman–Crippen MR) is 58.8 cm³/mol. The maximum Gasteiger partial charge on any atom is 0.285 e. The highest BCUT2D eigenvalue weighted by molar-refractivity contribution is 5.95. The van der Waals surface area contributed by atoms with Crippen LogP contribution in [-0.4, -0.2) is 23.0 Å². The van der Waals surface area contributed by atoms with Gasteiger partial charge in [0.2, 0.25) is 0 Å². The van der Waals surface area contributed by atoms with Gasteiger partial charge >= 0.3 is 0 Å². The molecule has 2 aromatic heterocycles. The molecular formula is C10H12N4O2. The minimum Gasteiger partial charge on any atom is -0.494 e. The van der Waals surface area contributed by atoms with Gasteiger partial charge in [-0.2, -0.15) is 0 Å². The van der Waals surface area contributed by atoms with Gasteiger partial charge < -0.3 is 14.7 Å². The van der Waals surface area contributed by atoms with Crippen molar-refractivity contribution in [2.24, 2.45) is 5.84 Å². The largest absolute Gasteiger partial charge is 0.494 e. The van der Waals surface area contributed by atoms with E-state index in [2.05, 4.69) is 15.4 Å². The van der Waals surface area contributed by atoms with Crippen molar-refractivity contribution in [2.75, 3.05) is 7.11 Å². The van der Waals surface area contributed by atoms with Crippen molar-refractivity contribution < 1.29 is 9.53 Å². The van der Waals surface area contributed by atoms with Crippen LogP contribution in [0, 0.1) is 0 Å². The number of aromatic nitrogens is 2. The molecule has 0 aliphatic carbocycles. The molecule has 16 heavy (non-hydrogen) atoms. The predicted octanol–water partition coefficient (Wildman–Crippen LogP) is 0.622. The number of hydrogen-bond donors (Lipinski definition) is 4. The van der Waals surface area contributed by atoms with Crippen molar-refractivity contribution in [2.45, 2.75) is 0 Å². The number of nitrogens with one attached hydrogen (secondary N) is 3. The van der Waals surface area contributed by atoms with Crippen LogP contribution in [0.25, 0.3) is 11.4 Å². The van der Waals surface area contributed by atoms with Gasteiger partial charge in [-0.3, -0.25) is 10.2 Å². The zero-order chi connectivity index (χ0) is 11.5. The number of aromatic amines is 2. The zero-order valence-corrected chi connectivity index (χ0v) is 8.70. The van der Waals surface area contributed by atoms with Crippen molar-refractivity contribution in [3.8, 4) is 17.1 Å². The molecule has 0 fully saturated rings. The molecule has 0 saturated heterocycles. The van der Waals surface area contributed by atoms with Gasteiger partial charge in [0.15, 0.2) is 0 Å². The summed E-state index contributed by atoms with van der Waals surface area (Å²) in [5, 5.41) is 0. The number of hydrazine groups is 1. The van der Waals surface area contributed by atoms with Crippen molar-refractivity contribution in [3.05, 3.63) is 30.1 Å². The molecule has 2 aromatic rings. The van der Waals surface area contributed by atoms with Gasteiger partial charge in [0.1, 0.15) is 11.4 Å². The third kappa shape index (κ3) is 1.66. The lowest BCUT2D eigenvalue weighted by atomic mass is 10.3. The van der Waals surface area contributed by atoms with Gasteiger partial charge in [0.05, 0.1) is 18.5 Å². The maximum atomic E-state index is 11.4. The standard InChI is InChI=1S/C10H12N4O2/c1-16-8-5-7(6-3-2-4-12-6)13-9(8)10(15)14-11/h2-5,12-13H,11H2,1H3,(H,14,15). The highest BCUT2D eigenvalue weighted by Crippen LogP contribution is 2.25. The van der Waals surface area contributed by atoms with E-state index in [0.717, 1.165) is 11.4 Å². The van der Waals surface area contributed by atoms with Crippen LogP contribution >= 0.6 is 0 Å². The van der Waals surface area contributed by atoms with Gasteiger partial charge in [-0.1, -0.05) is 0 Å². The zero-order valence-electron chi connectivity index (χ0n) is 8.70. The van der Waals surface area contributed by atoms with Crippen molar-refractivity contribution in [1.82, 2.24) is 15.4 Å². The van der Waals surface area contributed by atoms with E-state index in [1.54, 1.807) is 12.3 Å². The van der Waals surface area contributed by atoms with Crippen LogP contribution in [0.2, 0.25) is 0 Å². The molecule has 0 aliphatic rings. The molecule has 6 heteroatoms. The Balaban J connectivity index is 2.44. The van der Waals surface area contributed by atoms with Crippen LogP contribution < -0.4 is 16.0 Å². The molecule has 1 amide bonds. The van der Waals surface area contributed by atoms with E-state index in [1.807, 2.05) is 12.1 Å². The van der Waals surface area contributed by atoms with Crippen LogP contribution in [0.3, 0.4) is 0 Å². The van der Waals surface area contributed by atoms with Crippen molar-refractivity contribution in [1.29, 1.82) is 0 Å². The first-order valence-electron chi connectivity index (χ1n) is 4.68.